The van der Waals surface area contributed by atoms with Gasteiger partial charge in [0.05, 0.1) is 16.6 Å². The summed E-state index contributed by atoms with van der Waals surface area (Å²) in [6, 6.07) is 25.5. The van der Waals surface area contributed by atoms with Crippen LogP contribution in [0.2, 0.25) is 0 Å². The molecule has 0 aliphatic rings. The maximum absolute atomic E-state index is 13.7. The highest BCUT2D eigenvalue weighted by Crippen LogP contribution is 2.27. The van der Waals surface area contributed by atoms with Gasteiger partial charge in [0, 0.05) is 41.6 Å². The summed E-state index contributed by atoms with van der Waals surface area (Å²) in [6.45, 7) is 8.85. The Morgan fingerprint density at radius 1 is 0.958 bits per heavy atom. The minimum atomic E-state index is -0.959. The van der Waals surface area contributed by atoms with E-state index in [-0.39, 0.29) is 22.6 Å². The number of aromatic nitrogens is 2. The van der Waals surface area contributed by atoms with Crippen molar-refractivity contribution in [2.75, 3.05) is 11.5 Å². The van der Waals surface area contributed by atoms with Crippen LogP contribution in [0.25, 0.3) is 22.2 Å². The van der Waals surface area contributed by atoms with Gasteiger partial charge in [-0.2, -0.15) is 0 Å². The Morgan fingerprint density at radius 3 is 2.40 bits per heavy atom. The quantitative estimate of drug-likeness (QED) is 0.109. The van der Waals surface area contributed by atoms with Gasteiger partial charge in [0.15, 0.2) is 0 Å². The van der Waals surface area contributed by atoms with Crippen LogP contribution >= 0.6 is 11.8 Å². The molecule has 48 heavy (non-hydrogen) atoms. The van der Waals surface area contributed by atoms with E-state index in [9.17, 15) is 19.5 Å². The van der Waals surface area contributed by atoms with Crippen molar-refractivity contribution in [3.05, 3.63) is 119 Å². The molecule has 9 heteroatoms. The van der Waals surface area contributed by atoms with E-state index in [1.807, 2.05) is 55.5 Å². The van der Waals surface area contributed by atoms with Crippen LogP contribution in [0, 0.1) is 12.8 Å². The first-order chi connectivity index (χ1) is 23.0. The van der Waals surface area contributed by atoms with Gasteiger partial charge in [-0.1, -0.05) is 87.1 Å². The highest BCUT2D eigenvalue weighted by molar-refractivity contribution is 8.14. The molecule has 1 atom stereocenters. The molecule has 1 amide bonds. The lowest BCUT2D eigenvalue weighted by atomic mass is 9.98. The van der Waals surface area contributed by atoms with Crippen LogP contribution in [0.4, 0.5) is 5.69 Å². The molecule has 0 bridgehead atoms. The lowest BCUT2D eigenvalue weighted by Crippen LogP contribution is -2.38. The number of hydrogen-bond donors (Lipinski definition) is 3. The lowest BCUT2D eigenvalue weighted by Gasteiger charge is -2.20. The van der Waals surface area contributed by atoms with E-state index < -0.39 is 5.97 Å². The van der Waals surface area contributed by atoms with Crippen LogP contribution in [0.1, 0.15) is 81.6 Å². The third-order valence-corrected chi connectivity index (χ3v) is 9.32. The van der Waals surface area contributed by atoms with Crippen molar-refractivity contribution in [1.82, 2.24) is 14.9 Å². The summed E-state index contributed by atoms with van der Waals surface area (Å²) >= 11 is 1.19. The molecule has 0 unspecified atom stereocenters. The highest BCUT2D eigenvalue weighted by atomic mass is 32.2. The summed E-state index contributed by atoms with van der Waals surface area (Å²) < 4.78 is 2.18. The van der Waals surface area contributed by atoms with Crippen LogP contribution in [0.15, 0.2) is 84.9 Å². The first-order valence-corrected chi connectivity index (χ1v) is 17.3. The summed E-state index contributed by atoms with van der Waals surface area (Å²) in [6.07, 6.45) is 2.44. The lowest BCUT2D eigenvalue weighted by molar-refractivity contribution is 0.0697. The molecule has 0 saturated carbocycles. The van der Waals surface area contributed by atoms with Crippen molar-refractivity contribution in [1.29, 1.82) is 0 Å². The van der Waals surface area contributed by atoms with Gasteiger partial charge in [0.2, 0.25) is 5.12 Å². The van der Waals surface area contributed by atoms with Crippen molar-refractivity contribution in [3.8, 4) is 11.1 Å². The normalized spacial score (nSPS) is 11.9. The standard InChI is InChI=1S/C39H42N4O4S/c1-5-9-35-42-36-25(4)19-29(37(44)41-31(18-24(2)3)23-48-39(47)28-10-8-11-30(40)20-28)21-34(36)43(35)22-26-14-16-27(17-15-26)32-12-6-7-13-33(32)38(45)46/h6-8,10-17,19-21,24,31H,5,9,18,22-23,40H2,1-4H3,(H,41,44)(H,45,46)/t31-/m1/s1. The molecule has 0 spiro atoms. The van der Waals surface area contributed by atoms with Crippen LogP contribution in [0.3, 0.4) is 0 Å². The number of anilines is 1. The van der Waals surface area contributed by atoms with E-state index in [1.165, 1.54) is 11.8 Å². The maximum Gasteiger partial charge on any atom is 0.336 e. The summed E-state index contributed by atoms with van der Waals surface area (Å²) in [5, 5.41) is 12.8. The van der Waals surface area contributed by atoms with Gasteiger partial charge >= 0.3 is 5.97 Å². The number of nitrogens with zero attached hydrogens (tertiary/aromatic N) is 2. The molecule has 0 saturated heterocycles. The monoisotopic (exact) mass is 662 g/mol. The Balaban J connectivity index is 1.39. The number of nitrogens with one attached hydrogen (secondary N) is 1. The molecule has 8 nitrogen and oxygen atoms in total. The van der Waals surface area contributed by atoms with Gasteiger partial charge in [-0.25, -0.2) is 9.78 Å². The number of amides is 1. The Morgan fingerprint density at radius 2 is 1.71 bits per heavy atom. The molecule has 5 rings (SSSR count). The Labute approximate surface area is 285 Å². The smallest absolute Gasteiger partial charge is 0.336 e. The maximum atomic E-state index is 13.7. The molecule has 4 N–H and O–H groups in total. The minimum absolute atomic E-state index is 0.0750. The van der Waals surface area contributed by atoms with Crippen molar-refractivity contribution < 1.29 is 19.5 Å². The predicted octanol–water partition coefficient (Wildman–Crippen LogP) is 8.01. The van der Waals surface area contributed by atoms with Gasteiger partial charge < -0.3 is 20.7 Å². The highest BCUT2D eigenvalue weighted by Gasteiger charge is 2.21. The second-order valence-electron chi connectivity index (χ2n) is 12.6. The molecular weight excluding hydrogens is 621 g/mol. The predicted molar refractivity (Wildman–Crippen MR) is 195 cm³/mol. The summed E-state index contributed by atoms with van der Waals surface area (Å²) in [7, 11) is 0. The number of carbonyl (C=O) groups excluding carboxylic acids is 2. The topological polar surface area (TPSA) is 127 Å². The number of fused-ring (bicyclic) bond motifs is 1. The Bertz CT molecular complexity index is 1950. The van der Waals surface area contributed by atoms with Crippen LogP contribution < -0.4 is 11.1 Å². The summed E-state index contributed by atoms with van der Waals surface area (Å²) in [5.41, 5.74) is 13.0. The van der Waals surface area contributed by atoms with Gasteiger partial charge in [-0.05, 0) is 78.3 Å². The van der Waals surface area contributed by atoms with Crippen LogP contribution in [-0.4, -0.2) is 43.4 Å². The van der Waals surface area contributed by atoms with Crippen LogP contribution in [0.5, 0.6) is 0 Å². The average Bonchev–Trinajstić information content (AvgIpc) is 3.40. The number of aryl methyl sites for hydroxylation is 2. The minimum Gasteiger partial charge on any atom is -0.478 e. The molecular formula is C39H42N4O4S. The third kappa shape index (κ3) is 8.15. The molecule has 1 heterocycles. The number of carboxylic acids is 1. The average molecular weight is 663 g/mol. The van der Waals surface area contributed by atoms with Crippen molar-refractivity contribution in [3.63, 3.8) is 0 Å². The number of nitrogens with two attached hydrogens (primary N) is 1. The number of benzene rings is 4. The number of hydrogen-bond acceptors (Lipinski definition) is 6. The number of rotatable bonds is 13. The zero-order valence-corrected chi connectivity index (χ0v) is 28.6. The van der Waals surface area contributed by atoms with Gasteiger partial charge in [-0.15, -0.1) is 0 Å². The molecule has 0 radical (unpaired) electrons. The van der Waals surface area contributed by atoms with Gasteiger partial charge in [0.25, 0.3) is 5.91 Å². The number of thioether (sulfide) groups is 1. The zero-order chi connectivity index (χ0) is 34.4. The number of nitrogen functional groups attached to an aromatic ring is 1. The van der Waals surface area contributed by atoms with E-state index >= 15 is 0 Å². The van der Waals surface area contributed by atoms with Crippen molar-refractivity contribution in [2.24, 2.45) is 5.92 Å². The fourth-order valence-electron chi connectivity index (χ4n) is 5.99. The summed E-state index contributed by atoms with van der Waals surface area (Å²) in [4.78, 5) is 43.4. The van der Waals surface area contributed by atoms with Crippen molar-refractivity contribution in [2.45, 2.75) is 59.5 Å². The number of carboxylic acid groups (broad SMARTS) is 1. The fraction of sp³-hybridized carbons (Fsp3) is 0.282. The van der Waals surface area contributed by atoms with E-state index in [1.54, 1.807) is 36.4 Å². The number of imidazole rings is 1. The number of carbonyl (C=O) groups is 3. The largest absolute Gasteiger partial charge is 0.478 e. The molecule has 0 fully saturated rings. The third-order valence-electron chi connectivity index (χ3n) is 8.25. The molecule has 0 aliphatic heterocycles. The fourth-order valence-corrected chi connectivity index (χ4v) is 6.85. The Kier molecular flexibility index (Phi) is 11.0. The van der Waals surface area contributed by atoms with E-state index in [2.05, 4.69) is 30.7 Å². The molecule has 1 aromatic heterocycles. The first kappa shape index (κ1) is 34.4. The Hall–Kier alpha value is -4.89. The zero-order valence-electron chi connectivity index (χ0n) is 27.8. The van der Waals surface area contributed by atoms with E-state index in [4.69, 9.17) is 10.7 Å². The molecule has 4 aromatic carbocycles. The van der Waals surface area contributed by atoms with E-state index in [0.29, 0.717) is 40.6 Å². The van der Waals surface area contributed by atoms with Crippen molar-refractivity contribution >= 4 is 45.5 Å². The van der Waals surface area contributed by atoms with E-state index in [0.717, 1.165) is 52.8 Å². The second kappa shape index (κ2) is 15.3. The number of aromatic carboxylic acids is 1. The summed E-state index contributed by atoms with van der Waals surface area (Å²) in [5.74, 6) is 0.574. The second-order valence-corrected chi connectivity index (χ2v) is 13.6. The van der Waals surface area contributed by atoms with Crippen LogP contribution in [-0.2, 0) is 13.0 Å². The molecule has 248 valence electrons. The molecule has 5 aromatic rings. The van der Waals surface area contributed by atoms with Gasteiger partial charge in [-0.3, -0.25) is 9.59 Å². The molecule has 0 aliphatic carbocycles. The SMILES string of the molecule is CCCc1nc2c(C)cc(C(=O)N[C@@H](CSC(=O)c3cccc(N)c3)CC(C)C)cc2n1Cc1ccc(-c2ccccc2C(=O)O)cc1. The first-order valence-electron chi connectivity index (χ1n) is 16.3. The van der Waals surface area contributed by atoms with Gasteiger partial charge in [0.1, 0.15) is 5.82 Å².